The lowest BCUT2D eigenvalue weighted by molar-refractivity contribution is 0.0690. The molecule has 7 heteroatoms. The molecule has 2 heterocycles. The summed E-state index contributed by atoms with van der Waals surface area (Å²) in [5.74, 6) is -0.580. The van der Waals surface area contributed by atoms with Gasteiger partial charge in [0.2, 0.25) is 5.69 Å². The number of hydrogen-bond acceptors (Lipinski definition) is 4. The van der Waals surface area contributed by atoms with E-state index in [0.717, 1.165) is 36.1 Å². The third-order valence-corrected chi connectivity index (χ3v) is 4.04. The largest absolute Gasteiger partial charge is 0.476 e. The molecule has 110 valence electrons. The number of aromatic nitrogens is 3. The van der Waals surface area contributed by atoms with E-state index in [1.807, 2.05) is 29.2 Å². The third kappa shape index (κ3) is 2.92. The number of hydrogen-bond donors (Lipinski definition) is 1. The normalized spacial score (nSPS) is 15.2. The van der Waals surface area contributed by atoms with Crippen molar-refractivity contribution in [1.29, 1.82) is 0 Å². The molecule has 0 unspecified atom stereocenters. The first-order valence-corrected chi connectivity index (χ1v) is 7.66. The van der Waals surface area contributed by atoms with Crippen LogP contribution in [0.1, 0.15) is 29.8 Å². The highest BCUT2D eigenvalue weighted by atomic mass is 79.9. The SMILES string of the molecule is O=C(O)c1nn(-c2ccc(Br)cc2)nc1N1CCCCC1. The number of aromatic carboxylic acids is 1. The molecule has 0 amide bonds. The van der Waals surface area contributed by atoms with E-state index in [4.69, 9.17) is 0 Å². The molecule has 1 saturated heterocycles. The maximum absolute atomic E-state index is 11.4. The van der Waals surface area contributed by atoms with Crippen LogP contribution in [0.5, 0.6) is 0 Å². The van der Waals surface area contributed by atoms with Crippen molar-refractivity contribution < 1.29 is 9.90 Å². The predicted octanol–water partition coefficient (Wildman–Crippen LogP) is 2.72. The van der Waals surface area contributed by atoms with E-state index in [-0.39, 0.29) is 5.69 Å². The summed E-state index contributed by atoms with van der Waals surface area (Å²) in [5.41, 5.74) is 0.753. The molecule has 0 radical (unpaired) electrons. The quantitative estimate of drug-likeness (QED) is 0.921. The van der Waals surface area contributed by atoms with E-state index in [1.165, 1.54) is 11.2 Å². The van der Waals surface area contributed by atoms with E-state index in [2.05, 4.69) is 26.1 Å². The van der Waals surface area contributed by atoms with Gasteiger partial charge in [-0.25, -0.2) is 4.79 Å². The maximum atomic E-state index is 11.4. The minimum atomic E-state index is -1.04. The zero-order valence-corrected chi connectivity index (χ0v) is 13.0. The van der Waals surface area contributed by atoms with Crippen molar-refractivity contribution >= 4 is 27.7 Å². The summed E-state index contributed by atoms with van der Waals surface area (Å²) < 4.78 is 0.952. The second-order valence-electron chi connectivity index (χ2n) is 4.99. The fraction of sp³-hybridized carbons (Fsp3) is 0.357. The first-order valence-electron chi connectivity index (χ1n) is 6.86. The van der Waals surface area contributed by atoms with Crippen molar-refractivity contribution in [2.75, 3.05) is 18.0 Å². The Bertz CT molecular complexity index is 647. The molecule has 1 aromatic heterocycles. The summed E-state index contributed by atoms with van der Waals surface area (Å²) in [6.45, 7) is 1.67. The Morgan fingerprint density at radius 1 is 1.10 bits per heavy atom. The van der Waals surface area contributed by atoms with Crippen LogP contribution in [-0.4, -0.2) is 39.2 Å². The van der Waals surface area contributed by atoms with Gasteiger partial charge in [0.25, 0.3) is 0 Å². The molecule has 21 heavy (non-hydrogen) atoms. The van der Waals surface area contributed by atoms with Crippen molar-refractivity contribution in [3.63, 3.8) is 0 Å². The second kappa shape index (κ2) is 5.85. The summed E-state index contributed by atoms with van der Waals surface area (Å²) in [7, 11) is 0. The van der Waals surface area contributed by atoms with E-state index in [1.54, 1.807) is 0 Å². The van der Waals surface area contributed by atoms with Gasteiger partial charge < -0.3 is 10.0 Å². The Kier molecular flexibility index (Phi) is 3.92. The maximum Gasteiger partial charge on any atom is 0.360 e. The van der Waals surface area contributed by atoms with Crippen LogP contribution in [0.25, 0.3) is 5.69 Å². The molecule has 1 aliphatic heterocycles. The molecule has 0 bridgehead atoms. The summed E-state index contributed by atoms with van der Waals surface area (Å²) in [5, 5.41) is 17.9. The van der Waals surface area contributed by atoms with Crippen LogP contribution in [0.15, 0.2) is 28.7 Å². The molecular formula is C14H15BrN4O2. The van der Waals surface area contributed by atoms with Crippen LogP contribution < -0.4 is 4.90 Å². The number of rotatable bonds is 3. The van der Waals surface area contributed by atoms with Crippen LogP contribution in [0.2, 0.25) is 0 Å². The molecule has 6 nitrogen and oxygen atoms in total. The molecule has 0 aliphatic carbocycles. The smallest absolute Gasteiger partial charge is 0.360 e. The van der Waals surface area contributed by atoms with E-state index >= 15 is 0 Å². The number of anilines is 1. The zero-order chi connectivity index (χ0) is 14.8. The van der Waals surface area contributed by atoms with E-state index in [9.17, 15) is 9.90 Å². The Morgan fingerprint density at radius 2 is 1.76 bits per heavy atom. The predicted molar refractivity (Wildman–Crippen MR) is 82.1 cm³/mol. The van der Waals surface area contributed by atoms with Gasteiger partial charge in [-0.15, -0.1) is 15.0 Å². The van der Waals surface area contributed by atoms with Gasteiger partial charge in [-0.3, -0.25) is 0 Å². The number of carboxylic acids is 1. The third-order valence-electron chi connectivity index (χ3n) is 3.51. The Balaban J connectivity index is 1.99. The monoisotopic (exact) mass is 350 g/mol. The van der Waals surface area contributed by atoms with Crippen molar-refractivity contribution in [3.05, 3.63) is 34.4 Å². The van der Waals surface area contributed by atoms with Gasteiger partial charge in [0.05, 0.1) is 5.69 Å². The van der Waals surface area contributed by atoms with E-state index < -0.39 is 5.97 Å². The summed E-state index contributed by atoms with van der Waals surface area (Å²) >= 11 is 3.37. The Labute approximate surface area is 130 Å². The number of piperidine rings is 1. The molecular weight excluding hydrogens is 336 g/mol. The molecule has 1 fully saturated rings. The lowest BCUT2D eigenvalue weighted by Gasteiger charge is -2.26. The highest BCUT2D eigenvalue weighted by molar-refractivity contribution is 9.10. The average Bonchev–Trinajstić information content (AvgIpc) is 2.94. The van der Waals surface area contributed by atoms with Crippen molar-refractivity contribution in [2.24, 2.45) is 0 Å². The second-order valence-corrected chi connectivity index (χ2v) is 5.91. The van der Waals surface area contributed by atoms with E-state index in [0.29, 0.717) is 5.82 Å². The number of nitrogens with zero attached hydrogens (tertiary/aromatic N) is 4. The minimum Gasteiger partial charge on any atom is -0.476 e. The summed E-state index contributed by atoms with van der Waals surface area (Å²) in [4.78, 5) is 14.8. The average molecular weight is 351 g/mol. The number of halogens is 1. The highest BCUT2D eigenvalue weighted by Crippen LogP contribution is 2.22. The lowest BCUT2D eigenvalue weighted by atomic mass is 10.1. The highest BCUT2D eigenvalue weighted by Gasteiger charge is 2.24. The van der Waals surface area contributed by atoms with Crippen LogP contribution in [0.3, 0.4) is 0 Å². The first kappa shape index (κ1) is 14.1. The fourth-order valence-electron chi connectivity index (χ4n) is 2.45. The van der Waals surface area contributed by atoms with Gasteiger partial charge >= 0.3 is 5.97 Å². The minimum absolute atomic E-state index is 0.0137. The molecule has 0 spiro atoms. The number of carbonyl (C=O) groups is 1. The standard InChI is InChI=1S/C14H15BrN4O2/c15-10-4-6-11(7-5-10)19-16-12(14(20)21)13(17-19)18-8-2-1-3-9-18/h4-7H,1-3,8-9H2,(H,20,21). The van der Waals surface area contributed by atoms with Crippen molar-refractivity contribution in [3.8, 4) is 5.69 Å². The van der Waals surface area contributed by atoms with Crippen LogP contribution in [0.4, 0.5) is 5.82 Å². The molecule has 3 rings (SSSR count). The number of benzene rings is 1. The molecule has 1 N–H and O–H groups in total. The molecule has 2 aromatic rings. The Hall–Kier alpha value is -1.89. The fourth-order valence-corrected chi connectivity index (χ4v) is 2.71. The van der Waals surface area contributed by atoms with Gasteiger partial charge in [0, 0.05) is 17.6 Å². The van der Waals surface area contributed by atoms with Crippen molar-refractivity contribution in [1.82, 2.24) is 15.0 Å². The van der Waals surface area contributed by atoms with Crippen LogP contribution in [0, 0.1) is 0 Å². The van der Waals surface area contributed by atoms with Gasteiger partial charge in [-0.05, 0) is 43.5 Å². The van der Waals surface area contributed by atoms with Gasteiger partial charge in [0.15, 0.2) is 5.82 Å². The zero-order valence-electron chi connectivity index (χ0n) is 11.4. The summed E-state index contributed by atoms with van der Waals surface area (Å²) in [6.07, 6.45) is 3.30. The van der Waals surface area contributed by atoms with Gasteiger partial charge in [-0.2, -0.15) is 0 Å². The molecule has 1 aromatic carbocycles. The topological polar surface area (TPSA) is 71.2 Å². The molecule has 0 saturated carbocycles. The van der Waals surface area contributed by atoms with Crippen molar-refractivity contribution in [2.45, 2.75) is 19.3 Å². The lowest BCUT2D eigenvalue weighted by Crippen LogP contribution is -2.31. The Morgan fingerprint density at radius 3 is 2.38 bits per heavy atom. The van der Waals surface area contributed by atoms with Crippen LogP contribution in [-0.2, 0) is 0 Å². The summed E-state index contributed by atoms with van der Waals surface area (Å²) in [6, 6.07) is 7.44. The van der Waals surface area contributed by atoms with Gasteiger partial charge in [0.1, 0.15) is 0 Å². The first-order chi connectivity index (χ1) is 10.1. The molecule has 0 atom stereocenters. The molecule has 1 aliphatic rings. The van der Waals surface area contributed by atoms with Crippen LogP contribution >= 0.6 is 15.9 Å². The van der Waals surface area contributed by atoms with Gasteiger partial charge in [-0.1, -0.05) is 15.9 Å². The number of carboxylic acid groups (broad SMARTS) is 1.